The zero-order chi connectivity index (χ0) is 15.6. The predicted molar refractivity (Wildman–Crippen MR) is 74.8 cm³/mol. The molecule has 7 heteroatoms. The summed E-state index contributed by atoms with van der Waals surface area (Å²) in [5.41, 5.74) is 0.119. The van der Waals surface area contributed by atoms with Crippen LogP contribution in [0.1, 0.15) is 30.6 Å². The summed E-state index contributed by atoms with van der Waals surface area (Å²) < 4.78 is 0. The van der Waals surface area contributed by atoms with E-state index in [4.69, 9.17) is 5.11 Å². The lowest BCUT2D eigenvalue weighted by Crippen LogP contribution is -2.33. The van der Waals surface area contributed by atoms with Crippen molar-refractivity contribution in [2.45, 2.75) is 26.3 Å². The Morgan fingerprint density at radius 3 is 2.76 bits per heavy atom. The Bertz CT molecular complexity index is 585. The number of likely N-dealkylation sites (tertiary alicyclic amines) is 1. The van der Waals surface area contributed by atoms with Gasteiger partial charge >= 0.3 is 5.97 Å². The molecule has 2 amide bonds. The Kier molecular flexibility index (Phi) is 4.21. The van der Waals surface area contributed by atoms with Crippen molar-refractivity contribution in [2.24, 2.45) is 5.92 Å². The van der Waals surface area contributed by atoms with Gasteiger partial charge < -0.3 is 15.3 Å². The Balaban J connectivity index is 2.10. The van der Waals surface area contributed by atoms with Crippen LogP contribution in [-0.4, -0.2) is 45.4 Å². The first kappa shape index (κ1) is 15.0. The molecular weight excluding hydrogens is 274 g/mol. The number of hydrogen-bond donors (Lipinski definition) is 2. The maximum absolute atomic E-state index is 12.2. The lowest BCUT2D eigenvalue weighted by atomic mass is 10.1. The SMILES string of the molecule is CC(C)N1CC(C(=O)Nc2cnccc2C(=O)O)CC1=O. The van der Waals surface area contributed by atoms with Crippen molar-refractivity contribution in [3.05, 3.63) is 24.0 Å². The van der Waals surface area contributed by atoms with Gasteiger partial charge in [-0.3, -0.25) is 14.6 Å². The minimum Gasteiger partial charge on any atom is -0.478 e. The summed E-state index contributed by atoms with van der Waals surface area (Å²) in [6.07, 6.45) is 2.78. The molecule has 0 saturated carbocycles. The molecule has 2 N–H and O–H groups in total. The number of pyridine rings is 1. The van der Waals surface area contributed by atoms with Crippen molar-refractivity contribution in [2.75, 3.05) is 11.9 Å². The average Bonchev–Trinajstić information content (AvgIpc) is 2.81. The van der Waals surface area contributed by atoms with Crippen LogP contribution in [0.15, 0.2) is 18.5 Å². The van der Waals surface area contributed by atoms with Crippen molar-refractivity contribution >= 4 is 23.5 Å². The molecule has 1 fully saturated rings. The van der Waals surface area contributed by atoms with Gasteiger partial charge in [0, 0.05) is 25.2 Å². The number of carbonyl (C=O) groups is 3. The molecule has 1 aliphatic heterocycles. The zero-order valence-corrected chi connectivity index (χ0v) is 11.9. The zero-order valence-electron chi connectivity index (χ0n) is 11.9. The summed E-state index contributed by atoms with van der Waals surface area (Å²) in [4.78, 5) is 40.5. The van der Waals surface area contributed by atoms with Gasteiger partial charge in [-0.25, -0.2) is 4.79 Å². The summed E-state index contributed by atoms with van der Waals surface area (Å²) in [6.45, 7) is 4.13. The van der Waals surface area contributed by atoms with Crippen LogP contribution < -0.4 is 5.32 Å². The van der Waals surface area contributed by atoms with E-state index in [1.807, 2.05) is 13.8 Å². The van der Waals surface area contributed by atoms with Crippen LogP contribution in [-0.2, 0) is 9.59 Å². The van der Waals surface area contributed by atoms with Gasteiger partial charge in [-0.05, 0) is 19.9 Å². The van der Waals surface area contributed by atoms with Crippen molar-refractivity contribution in [1.82, 2.24) is 9.88 Å². The van der Waals surface area contributed by atoms with Gasteiger partial charge in [0.15, 0.2) is 0 Å². The maximum Gasteiger partial charge on any atom is 0.337 e. The third kappa shape index (κ3) is 3.18. The number of rotatable bonds is 4. The van der Waals surface area contributed by atoms with Gasteiger partial charge in [0.25, 0.3) is 0 Å². The summed E-state index contributed by atoms with van der Waals surface area (Å²) in [7, 11) is 0. The quantitative estimate of drug-likeness (QED) is 0.861. The molecule has 0 aromatic carbocycles. The van der Waals surface area contributed by atoms with Gasteiger partial charge in [0.05, 0.1) is 23.4 Å². The number of amides is 2. The van der Waals surface area contributed by atoms with E-state index in [2.05, 4.69) is 10.3 Å². The molecule has 1 saturated heterocycles. The molecule has 2 rings (SSSR count). The molecule has 0 spiro atoms. The summed E-state index contributed by atoms with van der Waals surface area (Å²) in [6, 6.07) is 1.36. The molecule has 2 heterocycles. The number of aromatic nitrogens is 1. The molecule has 1 aromatic heterocycles. The van der Waals surface area contributed by atoms with Crippen LogP contribution in [0.25, 0.3) is 0 Å². The fourth-order valence-corrected chi connectivity index (χ4v) is 2.32. The second-order valence-electron chi connectivity index (χ2n) is 5.26. The average molecular weight is 291 g/mol. The Morgan fingerprint density at radius 2 is 2.19 bits per heavy atom. The molecule has 1 atom stereocenters. The number of nitrogens with zero attached hydrogens (tertiary/aromatic N) is 2. The Morgan fingerprint density at radius 1 is 1.48 bits per heavy atom. The molecule has 21 heavy (non-hydrogen) atoms. The van der Waals surface area contributed by atoms with Crippen molar-refractivity contribution in [1.29, 1.82) is 0 Å². The van der Waals surface area contributed by atoms with Crippen LogP contribution in [0.2, 0.25) is 0 Å². The number of carboxylic acids is 1. The number of carbonyl (C=O) groups excluding carboxylic acids is 2. The minimum atomic E-state index is -1.14. The summed E-state index contributed by atoms with van der Waals surface area (Å²) in [5.74, 6) is -2.03. The first-order valence-corrected chi connectivity index (χ1v) is 6.67. The molecule has 1 aliphatic rings. The lowest BCUT2D eigenvalue weighted by molar-refractivity contribution is -0.129. The van der Waals surface area contributed by atoms with Crippen LogP contribution in [0.3, 0.4) is 0 Å². The Labute approximate surface area is 122 Å². The molecule has 1 unspecified atom stereocenters. The van der Waals surface area contributed by atoms with E-state index in [0.717, 1.165) is 0 Å². The fraction of sp³-hybridized carbons (Fsp3) is 0.429. The third-order valence-corrected chi connectivity index (χ3v) is 3.46. The van der Waals surface area contributed by atoms with E-state index < -0.39 is 11.9 Å². The minimum absolute atomic E-state index is 0.0246. The number of anilines is 1. The van der Waals surface area contributed by atoms with E-state index >= 15 is 0 Å². The van der Waals surface area contributed by atoms with Crippen molar-refractivity contribution in [3.8, 4) is 0 Å². The van der Waals surface area contributed by atoms with E-state index in [-0.39, 0.29) is 35.5 Å². The molecule has 0 bridgehead atoms. The maximum atomic E-state index is 12.2. The first-order chi connectivity index (χ1) is 9.90. The standard InChI is InChI=1S/C14H17N3O4/c1-8(2)17-7-9(5-12(17)18)13(19)16-11-6-15-4-3-10(11)14(20)21/h3-4,6,8-9H,5,7H2,1-2H3,(H,16,19)(H,20,21). The second-order valence-corrected chi connectivity index (χ2v) is 5.26. The molecule has 112 valence electrons. The van der Waals surface area contributed by atoms with Crippen LogP contribution in [0.5, 0.6) is 0 Å². The largest absolute Gasteiger partial charge is 0.478 e. The monoisotopic (exact) mass is 291 g/mol. The van der Waals surface area contributed by atoms with Gasteiger partial charge in [-0.2, -0.15) is 0 Å². The molecule has 1 aromatic rings. The van der Waals surface area contributed by atoms with Gasteiger partial charge in [-0.15, -0.1) is 0 Å². The van der Waals surface area contributed by atoms with E-state index in [9.17, 15) is 14.4 Å². The molecular formula is C14H17N3O4. The molecule has 7 nitrogen and oxygen atoms in total. The fourth-order valence-electron chi connectivity index (χ4n) is 2.32. The van der Waals surface area contributed by atoms with Crippen molar-refractivity contribution < 1.29 is 19.5 Å². The van der Waals surface area contributed by atoms with Crippen LogP contribution >= 0.6 is 0 Å². The number of nitrogens with one attached hydrogen (secondary N) is 1. The smallest absolute Gasteiger partial charge is 0.337 e. The van der Waals surface area contributed by atoms with Crippen molar-refractivity contribution in [3.63, 3.8) is 0 Å². The van der Waals surface area contributed by atoms with E-state index in [1.165, 1.54) is 18.5 Å². The highest BCUT2D eigenvalue weighted by Gasteiger charge is 2.35. The summed E-state index contributed by atoms with van der Waals surface area (Å²) >= 11 is 0. The lowest BCUT2D eigenvalue weighted by Gasteiger charge is -2.20. The van der Waals surface area contributed by atoms with Crippen LogP contribution in [0.4, 0.5) is 5.69 Å². The highest BCUT2D eigenvalue weighted by atomic mass is 16.4. The third-order valence-electron chi connectivity index (χ3n) is 3.46. The van der Waals surface area contributed by atoms with Gasteiger partial charge in [-0.1, -0.05) is 0 Å². The molecule has 0 radical (unpaired) electrons. The van der Waals surface area contributed by atoms with Crippen LogP contribution in [0, 0.1) is 5.92 Å². The Hall–Kier alpha value is -2.44. The second kappa shape index (κ2) is 5.90. The van der Waals surface area contributed by atoms with E-state index in [0.29, 0.717) is 6.54 Å². The molecule has 0 aliphatic carbocycles. The van der Waals surface area contributed by atoms with E-state index in [1.54, 1.807) is 4.90 Å². The number of carboxylic acid groups (broad SMARTS) is 1. The normalized spacial score (nSPS) is 18.1. The number of hydrogen-bond acceptors (Lipinski definition) is 4. The summed E-state index contributed by atoms with van der Waals surface area (Å²) in [5, 5.41) is 11.6. The number of aromatic carboxylic acids is 1. The first-order valence-electron chi connectivity index (χ1n) is 6.67. The van der Waals surface area contributed by atoms with Gasteiger partial charge in [0.1, 0.15) is 0 Å². The van der Waals surface area contributed by atoms with Gasteiger partial charge in [0.2, 0.25) is 11.8 Å². The highest BCUT2D eigenvalue weighted by molar-refractivity contribution is 6.02. The highest BCUT2D eigenvalue weighted by Crippen LogP contribution is 2.22. The topological polar surface area (TPSA) is 99.6 Å². The predicted octanol–water partition coefficient (Wildman–Crippen LogP) is 0.975.